The van der Waals surface area contributed by atoms with Gasteiger partial charge in [0.05, 0.1) is 23.4 Å². The van der Waals surface area contributed by atoms with E-state index >= 15 is 0 Å². The number of hydrogen-bond donors (Lipinski definition) is 0. The molecular formula is C24H28ClN3O2S2. The van der Waals surface area contributed by atoms with E-state index in [1.165, 1.54) is 0 Å². The molecule has 170 valence electrons. The van der Waals surface area contributed by atoms with Crippen molar-refractivity contribution in [3.05, 3.63) is 53.1 Å². The lowest BCUT2D eigenvalue weighted by Crippen LogP contribution is -2.39. The van der Waals surface area contributed by atoms with Crippen molar-refractivity contribution < 1.29 is 9.53 Å². The van der Waals surface area contributed by atoms with Gasteiger partial charge < -0.3 is 4.74 Å². The molecule has 3 aromatic rings. The molecule has 0 spiro atoms. The Labute approximate surface area is 202 Å². The van der Waals surface area contributed by atoms with Crippen molar-refractivity contribution in [2.75, 3.05) is 50.0 Å². The van der Waals surface area contributed by atoms with Gasteiger partial charge in [0.1, 0.15) is 0 Å². The van der Waals surface area contributed by atoms with E-state index in [0.29, 0.717) is 13.0 Å². The normalized spacial score (nSPS) is 14.7. The van der Waals surface area contributed by atoms with Crippen molar-refractivity contribution in [3.63, 3.8) is 0 Å². The molecular weight excluding hydrogens is 462 g/mol. The minimum Gasteiger partial charge on any atom is -0.379 e. The Morgan fingerprint density at radius 3 is 2.75 bits per heavy atom. The molecule has 1 aliphatic rings. The van der Waals surface area contributed by atoms with Crippen LogP contribution in [0.25, 0.3) is 10.2 Å². The molecule has 32 heavy (non-hydrogen) atoms. The van der Waals surface area contributed by atoms with Crippen LogP contribution in [0, 0.1) is 6.92 Å². The molecule has 2 aromatic carbocycles. The average molecular weight is 490 g/mol. The van der Waals surface area contributed by atoms with Gasteiger partial charge in [0, 0.05) is 48.3 Å². The largest absolute Gasteiger partial charge is 0.379 e. The third-order valence-corrected chi connectivity index (χ3v) is 7.81. The summed E-state index contributed by atoms with van der Waals surface area (Å²) in [6.45, 7) is 7.23. The number of aromatic nitrogens is 1. The Hall–Kier alpha value is -1.64. The smallest absolute Gasteiger partial charge is 0.229 e. The Kier molecular flexibility index (Phi) is 8.43. The molecule has 1 amide bonds. The molecule has 1 saturated heterocycles. The maximum absolute atomic E-state index is 13.3. The van der Waals surface area contributed by atoms with Gasteiger partial charge in [0.25, 0.3) is 0 Å². The fraction of sp³-hybridized carbons (Fsp3) is 0.417. The maximum Gasteiger partial charge on any atom is 0.229 e. The molecule has 1 fully saturated rings. The Morgan fingerprint density at radius 2 is 2.00 bits per heavy atom. The van der Waals surface area contributed by atoms with Gasteiger partial charge in [0.15, 0.2) is 5.13 Å². The minimum absolute atomic E-state index is 0.130. The van der Waals surface area contributed by atoms with Crippen LogP contribution in [0.3, 0.4) is 0 Å². The zero-order valence-corrected chi connectivity index (χ0v) is 20.6. The second-order valence-corrected chi connectivity index (χ2v) is 10.4. The molecule has 0 bridgehead atoms. The fourth-order valence-electron chi connectivity index (χ4n) is 3.72. The number of ether oxygens (including phenoxy) is 1. The number of carbonyl (C=O) groups excluding carboxylic acids is 1. The summed E-state index contributed by atoms with van der Waals surface area (Å²) in [5.74, 6) is 0.856. The first-order valence-corrected chi connectivity index (χ1v) is 13.1. The maximum atomic E-state index is 13.3. The quantitative estimate of drug-likeness (QED) is 0.371. The SMILES string of the molecule is Cc1cccc2sc(N(CCCN3CCOCC3)C(=O)CCSc3ccc(Cl)cc3)nc12. The molecule has 1 aliphatic heterocycles. The van der Waals surface area contributed by atoms with E-state index in [-0.39, 0.29) is 5.91 Å². The highest BCUT2D eigenvalue weighted by Gasteiger charge is 2.21. The van der Waals surface area contributed by atoms with Gasteiger partial charge in [-0.05, 0) is 49.2 Å². The van der Waals surface area contributed by atoms with E-state index in [1.54, 1.807) is 23.1 Å². The lowest BCUT2D eigenvalue weighted by atomic mass is 10.2. The number of hydrogen-bond acceptors (Lipinski definition) is 6. The van der Waals surface area contributed by atoms with E-state index in [4.69, 9.17) is 21.3 Å². The monoisotopic (exact) mass is 489 g/mol. The molecule has 1 aromatic heterocycles. The molecule has 0 unspecified atom stereocenters. The molecule has 8 heteroatoms. The van der Waals surface area contributed by atoms with E-state index in [0.717, 1.165) is 75.9 Å². The molecule has 5 nitrogen and oxygen atoms in total. The first-order chi connectivity index (χ1) is 15.6. The van der Waals surface area contributed by atoms with Crippen LogP contribution >= 0.6 is 34.7 Å². The average Bonchev–Trinajstić information content (AvgIpc) is 3.24. The summed E-state index contributed by atoms with van der Waals surface area (Å²) in [7, 11) is 0. The van der Waals surface area contributed by atoms with Gasteiger partial charge in [-0.2, -0.15) is 0 Å². The molecule has 0 radical (unpaired) electrons. The van der Waals surface area contributed by atoms with Crippen LogP contribution in [0.5, 0.6) is 0 Å². The fourth-order valence-corrected chi connectivity index (χ4v) is 5.77. The predicted molar refractivity (Wildman–Crippen MR) is 135 cm³/mol. The second kappa shape index (κ2) is 11.5. The van der Waals surface area contributed by atoms with Gasteiger partial charge in [-0.1, -0.05) is 35.1 Å². The number of nitrogens with zero attached hydrogens (tertiary/aromatic N) is 3. The van der Waals surface area contributed by atoms with E-state index < -0.39 is 0 Å². The summed E-state index contributed by atoms with van der Waals surface area (Å²) in [5.41, 5.74) is 2.14. The number of thioether (sulfide) groups is 1. The van der Waals surface area contributed by atoms with Crippen LogP contribution in [0.2, 0.25) is 5.02 Å². The molecule has 0 aliphatic carbocycles. The van der Waals surface area contributed by atoms with Gasteiger partial charge in [-0.3, -0.25) is 14.6 Å². The second-order valence-electron chi connectivity index (χ2n) is 7.82. The van der Waals surface area contributed by atoms with Crippen molar-refractivity contribution in [1.29, 1.82) is 0 Å². The van der Waals surface area contributed by atoms with Gasteiger partial charge in [-0.25, -0.2) is 4.98 Å². The highest BCUT2D eigenvalue weighted by molar-refractivity contribution is 7.99. The Bertz CT molecular complexity index is 1040. The third-order valence-electron chi connectivity index (χ3n) is 5.50. The van der Waals surface area contributed by atoms with Crippen LogP contribution < -0.4 is 4.90 Å². The highest BCUT2D eigenvalue weighted by atomic mass is 35.5. The van der Waals surface area contributed by atoms with Crippen molar-refractivity contribution in [3.8, 4) is 0 Å². The van der Waals surface area contributed by atoms with Crippen molar-refractivity contribution in [2.24, 2.45) is 0 Å². The lowest BCUT2D eigenvalue weighted by Gasteiger charge is -2.27. The molecule has 2 heterocycles. The number of benzene rings is 2. The number of fused-ring (bicyclic) bond motifs is 1. The van der Waals surface area contributed by atoms with Crippen molar-refractivity contribution >= 4 is 56.0 Å². The number of aryl methyl sites for hydroxylation is 1. The number of anilines is 1. The first-order valence-electron chi connectivity index (χ1n) is 10.9. The summed E-state index contributed by atoms with van der Waals surface area (Å²) in [6, 6.07) is 13.9. The van der Waals surface area contributed by atoms with Crippen molar-refractivity contribution in [1.82, 2.24) is 9.88 Å². The zero-order chi connectivity index (χ0) is 22.3. The molecule has 0 saturated carbocycles. The van der Waals surface area contributed by atoms with E-state index in [1.807, 2.05) is 35.2 Å². The number of rotatable bonds is 9. The highest BCUT2D eigenvalue weighted by Crippen LogP contribution is 2.31. The molecule has 0 atom stereocenters. The first kappa shape index (κ1) is 23.5. The number of thiazole rings is 1. The zero-order valence-electron chi connectivity index (χ0n) is 18.3. The molecule has 0 N–H and O–H groups in total. The van der Waals surface area contributed by atoms with Crippen LogP contribution in [0.1, 0.15) is 18.4 Å². The van der Waals surface area contributed by atoms with Crippen LogP contribution in [0.15, 0.2) is 47.4 Å². The summed E-state index contributed by atoms with van der Waals surface area (Å²) >= 11 is 9.25. The third kappa shape index (κ3) is 6.23. The summed E-state index contributed by atoms with van der Waals surface area (Å²) in [5, 5.41) is 1.53. The van der Waals surface area contributed by atoms with Crippen molar-refractivity contribution in [2.45, 2.75) is 24.7 Å². The summed E-state index contributed by atoms with van der Waals surface area (Å²) in [4.78, 5) is 23.5. The minimum atomic E-state index is 0.130. The van der Waals surface area contributed by atoms with Crippen LogP contribution in [-0.4, -0.2) is 60.9 Å². The number of morpholine rings is 1. The lowest BCUT2D eigenvalue weighted by molar-refractivity contribution is -0.118. The standard InChI is InChI=1S/C24H28ClN3O2S2/c1-18-4-2-5-21-23(18)26-24(32-21)28(12-3-11-27-13-15-30-16-14-27)22(29)10-17-31-20-8-6-19(25)7-9-20/h2,4-9H,3,10-17H2,1H3. The molecule has 4 rings (SSSR count). The predicted octanol–water partition coefficient (Wildman–Crippen LogP) is 5.50. The van der Waals surface area contributed by atoms with E-state index in [2.05, 4.69) is 24.0 Å². The van der Waals surface area contributed by atoms with Gasteiger partial charge >= 0.3 is 0 Å². The number of para-hydroxylation sites is 1. The Morgan fingerprint density at radius 1 is 1.22 bits per heavy atom. The Balaban J connectivity index is 1.42. The number of halogens is 1. The number of amides is 1. The van der Waals surface area contributed by atoms with Gasteiger partial charge in [0.2, 0.25) is 5.91 Å². The topological polar surface area (TPSA) is 45.7 Å². The van der Waals surface area contributed by atoms with Crippen LogP contribution in [-0.2, 0) is 9.53 Å². The van der Waals surface area contributed by atoms with Gasteiger partial charge in [-0.15, -0.1) is 11.8 Å². The summed E-state index contributed by atoms with van der Waals surface area (Å²) in [6.07, 6.45) is 1.39. The number of carbonyl (C=O) groups is 1. The van der Waals surface area contributed by atoms with E-state index in [9.17, 15) is 4.79 Å². The van der Waals surface area contributed by atoms with Crippen LogP contribution in [0.4, 0.5) is 5.13 Å². The summed E-state index contributed by atoms with van der Waals surface area (Å²) < 4.78 is 6.57.